The molecule has 0 unspecified atom stereocenters. The molecule has 6 nitrogen and oxygen atoms in total. The van der Waals surface area contributed by atoms with Gasteiger partial charge in [0.15, 0.2) is 0 Å². The fourth-order valence-corrected chi connectivity index (χ4v) is 4.23. The Balaban J connectivity index is 2.26. The van der Waals surface area contributed by atoms with E-state index >= 15 is 0 Å². The number of carboxylic acids is 1. The Morgan fingerprint density at radius 2 is 2.28 bits per heavy atom. The standard InChI is InChI=1S/C10H12BrNO5S/c11-8-3-5-17-10(8)18(15,16)12-4-1-2-7(6-12)9(13)14/h3,5,7H,1-2,4,6H2,(H,13,14)/t7-/m0/s1. The predicted octanol–water partition coefficient (Wildman–Crippen LogP) is 1.53. The molecule has 0 amide bonds. The largest absolute Gasteiger partial charge is 0.481 e. The summed E-state index contributed by atoms with van der Waals surface area (Å²) < 4.78 is 31.0. The van der Waals surface area contributed by atoms with E-state index in [1.165, 1.54) is 16.6 Å². The first-order valence-electron chi connectivity index (χ1n) is 5.39. The monoisotopic (exact) mass is 337 g/mol. The third kappa shape index (κ3) is 2.45. The maximum atomic E-state index is 12.2. The molecule has 0 aliphatic carbocycles. The third-order valence-corrected chi connectivity index (χ3v) is 5.58. The van der Waals surface area contributed by atoms with Gasteiger partial charge in [-0.05, 0) is 34.8 Å². The van der Waals surface area contributed by atoms with Crippen LogP contribution in [0.25, 0.3) is 0 Å². The van der Waals surface area contributed by atoms with Gasteiger partial charge < -0.3 is 9.52 Å². The Kier molecular flexibility index (Phi) is 3.79. The molecular weight excluding hydrogens is 326 g/mol. The summed E-state index contributed by atoms with van der Waals surface area (Å²) in [6, 6.07) is 1.49. The molecule has 1 aromatic rings. The number of hydrogen-bond donors (Lipinski definition) is 1. The van der Waals surface area contributed by atoms with E-state index in [0.29, 0.717) is 23.9 Å². The topological polar surface area (TPSA) is 87.8 Å². The fraction of sp³-hybridized carbons (Fsp3) is 0.500. The van der Waals surface area contributed by atoms with Gasteiger partial charge in [0.1, 0.15) is 0 Å². The Morgan fingerprint density at radius 1 is 1.56 bits per heavy atom. The molecule has 1 aliphatic rings. The summed E-state index contributed by atoms with van der Waals surface area (Å²) in [6.07, 6.45) is 2.31. The van der Waals surface area contributed by atoms with Crippen LogP contribution < -0.4 is 0 Å². The summed E-state index contributed by atoms with van der Waals surface area (Å²) in [6.45, 7) is 0.310. The smallest absolute Gasteiger partial charge is 0.307 e. The van der Waals surface area contributed by atoms with E-state index in [1.54, 1.807) is 0 Å². The van der Waals surface area contributed by atoms with Crippen LogP contribution >= 0.6 is 15.9 Å². The number of piperidine rings is 1. The van der Waals surface area contributed by atoms with Gasteiger partial charge in [0, 0.05) is 13.1 Å². The Bertz CT molecular complexity index is 552. The van der Waals surface area contributed by atoms with Crippen LogP contribution in [0.5, 0.6) is 0 Å². The first-order chi connectivity index (χ1) is 8.43. The van der Waals surface area contributed by atoms with Crippen molar-refractivity contribution >= 4 is 31.9 Å². The summed E-state index contributed by atoms with van der Waals surface area (Å²) in [7, 11) is -3.76. The minimum atomic E-state index is -3.76. The van der Waals surface area contributed by atoms with Crippen LogP contribution in [0.3, 0.4) is 0 Å². The van der Waals surface area contributed by atoms with Crippen molar-refractivity contribution in [3.05, 3.63) is 16.8 Å². The van der Waals surface area contributed by atoms with Gasteiger partial charge in [0.2, 0.25) is 5.09 Å². The van der Waals surface area contributed by atoms with E-state index < -0.39 is 21.9 Å². The lowest BCUT2D eigenvalue weighted by atomic mass is 10.0. The molecule has 2 heterocycles. The molecule has 0 radical (unpaired) electrons. The number of halogens is 1. The highest BCUT2D eigenvalue weighted by Gasteiger charge is 2.35. The zero-order valence-electron chi connectivity index (χ0n) is 9.37. The van der Waals surface area contributed by atoms with E-state index in [-0.39, 0.29) is 11.6 Å². The molecule has 2 rings (SSSR count). The number of nitrogens with zero attached hydrogens (tertiary/aromatic N) is 1. The van der Waals surface area contributed by atoms with E-state index in [1.807, 2.05) is 0 Å². The van der Waals surface area contributed by atoms with Gasteiger partial charge in [-0.1, -0.05) is 0 Å². The Labute approximate surface area is 113 Å². The van der Waals surface area contributed by atoms with E-state index in [4.69, 9.17) is 9.52 Å². The van der Waals surface area contributed by atoms with Crippen LogP contribution in [0.2, 0.25) is 0 Å². The maximum Gasteiger partial charge on any atom is 0.307 e. The van der Waals surface area contributed by atoms with Crippen molar-refractivity contribution in [1.82, 2.24) is 4.31 Å². The first-order valence-corrected chi connectivity index (χ1v) is 7.62. The molecule has 0 spiro atoms. The van der Waals surface area contributed by atoms with Crippen molar-refractivity contribution in [3.8, 4) is 0 Å². The number of furan rings is 1. The van der Waals surface area contributed by atoms with Gasteiger partial charge >= 0.3 is 5.97 Å². The first kappa shape index (κ1) is 13.6. The molecule has 1 aliphatic heterocycles. The molecule has 100 valence electrons. The van der Waals surface area contributed by atoms with E-state index in [0.717, 1.165) is 0 Å². The molecule has 8 heteroatoms. The molecule has 1 N–H and O–H groups in total. The molecule has 1 aromatic heterocycles. The van der Waals surface area contributed by atoms with Gasteiger partial charge in [-0.3, -0.25) is 4.79 Å². The van der Waals surface area contributed by atoms with Crippen LogP contribution in [0, 0.1) is 5.92 Å². The molecule has 18 heavy (non-hydrogen) atoms. The van der Waals surface area contributed by atoms with Crippen molar-refractivity contribution < 1.29 is 22.7 Å². The number of carbonyl (C=O) groups is 1. The molecule has 1 atom stereocenters. The van der Waals surface area contributed by atoms with Crippen molar-refractivity contribution in [2.24, 2.45) is 5.92 Å². The number of sulfonamides is 1. The van der Waals surface area contributed by atoms with Crippen LogP contribution in [0.15, 0.2) is 26.3 Å². The van der Waals surface area contributed by atoms with Crippen LogP contribution in [-0.2, 0) is 14.8 Å². The maximum absolute atomic E-state index is 12.2. The summed E-state index contributed by atoms with van der Waals surface area (Å²) >= 11 is 3.10. The van der Waals surface area contributed by atoms with Crippen molar-refractivity contribution in [3.63, 3.8) is 0 Å². The molecule has 0 saturated carbocycles. The normalized spacial score (nSPS) is 21.9. The molecule has 0 aromatic carbocycles. The van der Waals surface area contributed by atoms with Crippen molar-refractivity contribution in [2.45, 2.75) is 17.9 Å². The average molecular weight is 338 g/mol. The zero-order chi connectivity index (χ0) is 13.3. The minimum absolute atomic E-state index is 0.00912. The van der Waals surface area contributed by atoms with Crippen LogP contribution in [0.4, 0.5) is 0 Å². The second-order valence-electron chi connectivity index (χ2n) is 4.10. The molecule has 1 fully saturated rings. The molecular formula is C10H12BrNO5S. The number of rotatable bonds is 3. The highest BCUT2D eigenvalue weighted by atomic mass is 79.9. The second kappa shape index (κ2) is 5.02. The fourth-order valence-electron chi connectivity index (χ4n) is 1.94. The molecule has 1 saturated heterocycles. The van der Waals surface area contributed by atoms with Gasteiger partial charge in [0.05, 0.1) is 16.7 Å². The van der Waals surface area contributed by atoms with Gasteiger partial charge in [-0.25, -0.2) is 8.42 Å². The lowest BCUT2D eigenvalue weighted by Crippen LogP contribution is -2.42. The van der Waals surface area contributed by atoms with Gasteiger partial charge in [0.25, 0.3) is 10.0 Å². The summed E-state index contributed by atoms with van der Waals surface area (Å²) in [4.78, 5) is 10.9. The quantitative estimate of drug-likeness (QED) is 0.903. The van der Waals surface area contributed by atoms with E-state index in [9.17, 15) is 13.2 Å². The summed E-state index contributed by atoms with van der Waals surface area (Å²) in [5, 5.41) is 8.78. The number of carboxylic acid groups (broad SMARTS) is 1. The third-order valence-electron chi connectivity index (χ3n) is 2.89. The lowest BCUT2D eigenvalue weighted by molar-refractivity contribution is -0.142. The lowest BCUT2D eigenvalue weighted by Gasteiger charge is -2.28. The average Bonchev–Trinajstić information content (AvgIpc) is 2.76. The zero-order valence-corrected chi connectivity index (χ0v) is 11.8. The van der Waals surface area contributed by atoms with Crippen molar-refractivity contribution in [2.75, 3.05) is 13.1 Å². The Morgan fingerprint density at radius 3 is 2.83 bits per heavy atom. The minimum Gasteiger partial charge on any atom is -0.481 e. The second-order valence-corrected chi connectivity index (χ2v) is 6.79. The van der Waals surface area contributed by atoms with Crippen molar-refractivity contribution in [1.29, 1.82) is 0 Å². The highest BCUT2D eigenvalue weighted by Crippen LogP contribution is 2.29. The highest BCUT2D eigenvalue weighted by molar-refractivity contribution is 9.10. The number of aliphatic carboxylic acids is 1. The predicted molar refractivity (Wildman–Crippen MR) is 65.5 cm³/mol. The Hall–Kier alpha value is -0.860. The summed E-state index contributed by atoms with van der Waals surface area (Å²) in [5.41, 5.74) is 0. The number of hydrogen-bond acceptors (Lipinski definition) is 4. The summed E-state index contributed by atoms with van der Waals surface area (Å²) in [5.74, 6) is -1.62. The SMILES string of the molecule is O=C(O)[C@H]1CCCN(S(=O)(=O)c2occc2Br)C1. The van der Waals surface area contributed by atoms with Gasteiger partial charge in [-0.15, -0.1) is 0 Å². The van der Waals surface area contributed by atoms with Crippen LogP contribution in [0.1, 0.15) is 12.8 Å². The molecule has 0 bridgehead atoms. The van der Waals surface area contributed by atoms with E-state index in [2.05, 4.69) is 15.9 Å². The van der Waals surface area contributed by atoms with Crippen LogP contribution in [-0.4, -0.2) is 36.9 Å². The van der Waals surface area contributed by atoms with Gasteiger partial charge in [-0.2, -0.15) is 4.31 Å².